The summed E-state index contributed by atoms with van der Waals surface area (Å²) in [6.07, 6.45) is 2.33. The zero-order chi connectivity index (χ0) is 9.71. The Kier molecular flexibility index (Phi) is 2.66. The fourth-order valence-electron chi connectivity index (χ4n) is 1.81. The van der Waals surface area contributed by atoms with E-state index in [-0.39, 0.29) is 0 Å². The van der Waals surface area contributed by atoms with Crippen molar-refractivity contribution >= 4 is 67.9 Å². The smallest absolute Gasteiger partial charge is 0.0659 e. The van der Waals surface area contributed by atoms with Crippen LogP contribution in [0.4, 0.5) is 0 Å². The lowest BCUT2D eigenvalue weighted by molar-refractivity contribution is 1.07. The van der Waals surface area contributed by atoms with Gasteiger partial charge in [-0.15, -0.1) is 22.7 Å². The van der Waals surface area contributed by atoms with Crippen molar-refractivity contribution in [1.29, 1.82) is 0 Å². The van der Waals surface area contributed by atoms with Crippen molar-refractivity contribution in [3.63, 3.8) is 0 Å². The third kappa shape index (κ3) is 1.68. The summed E-state index contributed by atoms with van der Waals surface area (Å²) in [5, 5.41) is 0. The van der Waals surface area contributed by atoms with E-state index in [1.54, 1.807) is 20.9 Å². The van der Waals surface area contributed by atoms with Crippen LogP contribution in [0.25, 0.3) is 0 Å². The van der Waals surface area contributed by atoms with Gasteiger partial charge < -0.3 is 0 Å². The van der Waals surface area contributed by atoms with Gasteiger partial charge in [0.05, 0.1) is 5.77 Å². The molecule has 0 saturated heterocycles. The van der Waals surface area contributed by atoms with E-state index < -0.39 is 0 Å². The second-order valence-electron chi connectivity index (χ2n) is 3.35. The fraction of sp³-hybridized carbons (Fsp3) is 0.200. The van der Waals surface area contributed by atoms with Crippen molar-refractivity contribution in [3.05, 3.63) is 38.8 Å². The molecule has 0 bridgehead atoms. The molecule has 72 valence electrons. The molecule has 0 atom stereocenters. The minimum absolute atomic E-state index is 1.16. The van der Waals surface area contributed by atoms with Gasteiger partial charge in [0.1, 0.15) is 0 Å². The largest absolute Gasteiger partial charge is 0.134 e. The van der Waals surface area contributed by atoms with Gasteiger partial charge in [-0.3, -0.25) is 0 Å². The van der Waals surface area contributed by atoms with Crippen molar-refractivity contribution in [1.82, 2.24) is 0 Å². The molecular weight excluding hydrogens is 438 g/mol. The Labute approximate surface area is 118 Å². The first-order valence-corrected chi connectivity index (χ1v) is 8.05. The lowest BCUT2D eigenvalue weighted by atomic mass is 9.98. The lowest BCUT2D eigenvalue weighted by Crippen LogP contribution is -1.99. The molecule has 0 spiro atoms. The third-order valence-electron chi connectivity index (χ3n) is 2.44. The Morgan fingerprint density at radius 1 is 0.857 bits per heavy atom. The first kappa shape index (κ1) is 10.0. The van der Waals surface area contributed by atoms with Crippen LogP contribution >= 0.6 is 67.9 Å². The predicted molar refractivity (Wildman–Crippen MR) is 79.7 cm³/mol. The number of halogens is 2. The number of hydrogen-bond acceptors (Lipinski definition) is 2. The van der Waals surface area contributed by atoms with E-state index in [4.69, 9.17) is 0 Å². The van der Waals surface area contributed by atoms with Gasteiger partial charge in [-0.1, -0.05) is 0 Å². The fourth-order valence-corrected chi connectivity index (χ4v) is 6.08. The standard InChI is InChI=1S/C10H6I2S2/c11-9-2-5-1-6-3-10(12)14-8(6)4-7(5)13-9/h2-3H,1,4H2. The van der Waals surface area contributed by atoms with Crippen LogP contribution in [0.2, 0.25) is 0 Å². The van der Waals surface area contributed by atoms with Crippen LogP contribution in [0.1, 0.15) is 20.9 Å². The zero-order valence-electron chi connectivity index (χ0n) is 7.14. The normalized spacial score (nSPS) is 13.9. The third-order valence-corrected chi connectivity index (χ3v) is 6.31. The molecule has 0 aliphatic heterocycles. The van der Waals surface area contributed by atoms with Crippen molar-refractivity contribution < 1.29 is 0 Å². The molecule has 2 aromatic heterocycles. The molecule has 0 N–H and O–H groups in total. The molecule has 0 nitrogen and oxygen atoms in total. The average molecular weight is 444 g/mol. The first-order chi connectivity index (χ1) is 6.72. The molecule has 0 unspecified atom stereocenters. The van der Waals surface area contributed by atoms with E-state index in [1.807, 2.05) is 22.7 Å². The molecule has 2 heterocycles. The quantitative estimate of drug-likeness (QED) is 0.448. The summed E-state index contributed by atoms with van der Waals surface area (Å²) in [7, 11) is 0. The zero-order valence-corrected chi connectivity index (χ0v) is 13.1. The van der Waals surface area contributed by atoms with Crippen LogP contribution in [0.15, 0.2) is 12.1 Å². The number of rotatable bonds is 0. The second-order valence-corrected chi connectivity index (χ2v) is 9.41. The Morgan fingerprint density at radius 2 is 1.36 bits per heavy atom. The molecule has 1 aliphatic rings. The van der Waals surface area contributed by atoms with Gasteiger partial charge in [0.15, 0.2) is 0 Å². The van der Waals surface area contributed by atoms with Crippen LogP contribution in [0.5, 0.6) is 0 Å². The monoisotopic (exact) mass is 444 g/mol. The van der Waals surface area contributed by atoms with E-state index in [0.29, 0.717) is 0 Å². The number of hydrogen-bond donors (Lipinski definition) is 0. The Balaban J connectivity index is 2.10. The van der Waals surface area contributed by atoms with Gasteiger partial charge >= 0.3 is 0 Å². The first-order valence-electron chi connectivity index (χ1n) is 4.26. The summed E-state index contributed by atoms with van der Waals surface area (Å²) in [4.78, 5) is 3.17. The maximum absolute atomic E-state index is 2.43. The molecule has 0 aromatic carbocycles. The van der Waals surface area contributed by atoms with Crippen molar-refractivity contribution in [3.8, 4) is 0 Å². The molecule has 14 heavy (non-hydrogen) atoms. The summed E-state index contributed by atoms with van der Waals surface area (Å²) in [5.41, 5.74) is 3.11. The van der Waals surface area contributed by atoms with Crippen LogP contribution in [-0.4, -0.2) is 0 Å². The van der Waals surface area contributed by atoms with Gasteiger partial charge in [0.25, 0.3) is 0 Å². The highest BCUT2D eigenvalue weighted by atomic mass is 127. The highest BCUT2D eigenvalue weighted by Crippen LogP contribution is 2.37. The highest BCUT2D eigenvalue weighted by Gasteiger charge is 2.19. The summed E-state index contributed by atoms with van der Waals surface area (Å²) in [5.74, 6) is 0. The second kappa shape index (κ2) is 3.71. The van der Waals surface area contributed by atoms with Gasteiger partial charge in [0.2, 0.25) is 0 Å². The van der Waals surface area contributed by atoms with Crippen LogP contribution in [0.3, 0.4) is 0 Å². The SMILES string of the molecule is Ic1cc2c(s1)Cc1sc(I)cc1C2. The Morgan fingerprint density at radius 3 is 1.86 bits per heavy atom. The molecule has 2 aromatic rings. The van der Waals surface area contributed by atoms with E-state index in [0.717, 1.165) is 6.42 Å². The molecule has 4 heteroatoms. The Bertz CT molecular complexity index is 411. The molecule has 0 amide bonds. The maximum atomic E-state index is 2.43. The predicted octanol–water partition coefficient (Wildman–Crippen LogP) is 4.51. The highest BCUT2D eigenvalue weighted by molar-refractivity contribution is 14.1. The Hall–Kier alpha value is 0.860. The van der Waals surface area contributed by atoms with Crippen molar-refractivity contribution in [2.24, 2.45) is 0 Å². The van der Waals surface area contributed by atoms with E-state index in [1.165, 1.54) is 12.2 Å². The molecule has 0 radical (unpaired) electrons. The number of thiophene rings is 2. The van der Waals surface area contributed by atoms with E-state index >= 15 is 0 Å². The van der Waals surface area contributed by atoms with Gasteiger partial charge in [0, 0.05) is 16.2 Å². The van der Waals surface area contributed by atoms with Crippen molar-refractivity contribution in [2.45, 2.75) is 12.8 Å². The van der Waals surface area contributed by atoms with Crippen LogP contribution < -0.4 is 0 Å². The summed E-state index contributed by atoms with van der Waals surface area (Å²) >= 11 is 8.76. The lowest BCUT2D eigenvalue weighted by Gasteiger charge is -2.10. The van der Waals surface area contributed by atoms with Crippen molar-refractivity contribution in [2.75, 3.05) is 0 Å². The molecule has 1 aliphatic carbocycles. The molecule has 0 saturated carbocycles. The van der Waals surface area contributed by atoms with Gasteiger partial charge in [-0.25, -0.2) is 0 Å². The van der Waals surface area contributed by atoms with E-state index in [2.05, 4.69) is 57.3 Å². The van der Waals surface area contributed by atoms with Gasteiger partial charge in [-0.2, -0.15) is 0 Å². The summed E-state index contributed by atoms with van der Waals surface area (Å²) < 4.78 is 2.86. The van der Waals surface area contributed by atoms with Crippen LogP contribution in [-0.2, 0) is 12.8 Å². The summed E-state index contributed by atoms with van der Waals surface area (Å²) in [6, 6.07) is 4.68. The van der Waals surface area contributed by atoms with Crippen LogP contribution in [0, 0.1) is 5.77 Å². The molecular formula is C10H6I2S2. The van der Waals surface area contributed by atoms with Gasteiger partial charge in [-0.05, 0) is 74.9 Å². The average Bonchev–Trinajstić information content (AvgIpc) is 2.59. The molecule has 0 fully saturated rings. The van der Waals surface area contributed by atoms with E-state index in [9.17, 15) is 0 Å². The maximum Gasteiger partial charge on any atom is 0.0659 e. The molecule has 3 rings (SSSR count). The number of fused-ring (bicyclic) bond motifs is 2. The summed E-state index contributed by atoms with van der Waals surface area (Å²) in [6.45, 7) is 0. The topological polar surface area (TPSA) is 0 Å². The minimum Gasteiger partial charge on any atom is -0.134 e. The minimum atomic E-state index is 1.16.